The Kier molecular flexibility index (Phi) is 3.77. The van der Waals surface area contributed by atoms with Crippen LogP contribution < -0.4 is 15.4 Å². The number of nitrogens with one attached hydrogen (secondary N) is 1. The van der Waals surface area contributed by atoms with Crippen LogP contribution in [0, 0.1) is 0 Å². The van der Waals surface area contributed by atoms with Crippen LogP contribution in [0.25, 0.3) is 0 Å². The van der Waals surface area contributed by atoms with Gasteiger partial charge in [-0.2, -0.15) is 0 Å². The first-order valence-electron chi connectivity index (χ1n) is 6.02. The second kappa shape index (κ2) is 5.16. The molecule has 0 bridgehead atoms. The minimum atomic E-state index is -3.20. The maximum absolute atomic E-state index is 11.1. The molecule has 0 spiro atoms. The molecule has 1 aliphatic rings. The minimum absolute atomic E-state index is 0.312. The number of piperidine rings is 1. The van der Waals surface area contributed by atoms with Crippen LogP contribution in [0.2, 0.25) is 0 Å². The fourth-order valence-corrected chi connectivity index (χ4v) is 2.68. The van der Waals surface area contributed by atoms with E-state index in [2.05, 4.69) is 9.62 Å². The Hall–Kier alpha value is -1.27. The number of hydrogen-bond acceptors (Lipinski definition) is 4. The zero-order valence-corrected chi connectivity index (χ0v) is 11.3. The van der Waals surface area contributed by atoms with Crippen LogP contribution in [0.3, 0.4) is 0 Å². The normalized spacial score (nSPS) is 17.8. The van der Waals surface area contributed by atoms with Gasteiger partial charge in [0.1, 0.15) is 0 Å². The van der Waals surface area contributed by atoms with E-state index in [0.29, 0.717) is 11.7 Å². The van der Waals surface area contributed by atoms with Crippen LogP contribution in [0.1, 0.15) is 12.8 Å². The van der Waals surface area contributed by atoms with Crippen molar-refractivity contribution < 1.29 is 8.42 Å². The molecule has 0 radical (unpaired) electrons. The second-order valence-corrected chi connectivity index (χ2v) is 6.49. The molecule has 6 heteroatoms. The SMILES string of the molecule is CS(=O)(=O)Nc1ccc(N2CCC(N)CC2)cc1. The average molecular weight is 269 g/mol. The third kappa shape index (κ3) is 3.61. The summed E-state index contributed by atoms with van der Waals surface area (Å²) in [6.07, 6.45) is 3.15. The summed E-state index contributed by atoms with van der Waals surface area (Å²) in [7, 11) is -3.20. The molecule has 0 amide bonds. The lowest BCUT2D eigenvalue weighted by Gasteiger charge is -2.32. The van der Waals surface area contributed by atoms with E-state index in [9.17, 15) is 8.42 Å². The quantitative estimate of drug-likeness (QED) is 0.858. The highest BCUT2D eigenvalue weighted by atomic mass is 32.2. The topological polar surface area (TPSA) is 75.4 Å². The van der Waals surface area contributed by atoms with Crippen molar-refractivity contribution in [1.29, 1.82) is 0 Å². The Bertz CT molecular complexity index is 491. The molecule has 0 unspecified atom stereocenters. The molecule has 1 aliphatic heterocycles. The van der Waals surface area contributed by atoms with Gasteiger partial charge in [0, 0.05) is 30.5 Å². The second-order valence-electron chi connectivity index (χ2n) is 4.75. The van der Waals surface area contributed by atoms with Crippen molar-refractivity contribution in [3.05, 3.63) is 24.3 Å². The molecule has 3 N–H and O–H groups in total. The largest absolute Gasteiger partial charge is 0.371 e. The summed E-state index contributed by atoms with van der Waals surface area (Å²) in [5.41, 5.74) is 7.57. The van der Waals surface area contributed by atoms with Gasteiger partial charge in [-0.05, 0) is 37.1 Å². The summed E-state index contributed by atoms with van der Waals surface area (Å²) in [5, 5.41) is 0. The number of hydrogen-bond donors (Lipinski definition) is 2. The molecule has 0 atom stereocenters. The molecule has 1 aromatic rings. The number of sulfonamides is 1. The van der Waals surface area contributed by atoms with Crippen LogP contribution in [0.4, 0.5) is 11.4 Å². The third-order valence-electron chi connectivity index (χ3n) is 3.08. The number of anilines is 2. The first-order chi connectivity index (χ1) is 8.44. The Morgan fingerprint density at radius 1 is 1.22 bits per heavy atom. The highest BCUT2D eigenvalue weighted by Crippen LogP contribution is 2.21. The van der Waals surface area contributed by atoms with Gasteiger partial charge in [-0.1, -0.05) is 0 Å². The van der Waals surface area contributed by atoms with Gasteiger partial charge in [0.25, 0.3) is 0 Å². The van der Waals surface area contributed by atoms with E-state index in [-0.39, 0.29) is 0 Å². The van der Waals surface area contributed by atoms with Crippen LogP contribution in [-0.2, 0) is 10.0 Å². The maximum atomic E-state index is 11.1. The Morgan fingerprint density at radius 3 is 2.28 bits per heavy atom. The zero-order chi connectivity index (χ0) is 13.2. The molecule has 1 heterocycles. The molecule has 1 aromatic carbocycles. The fourth-order valence-electron chi connectivity index (χ4n) is 2.11. The first-order valence-corrected chi connectivity index (χ1v) is 7.91. The van der Waals surface area contributed by atoms with Crippen molar-refractivity contribution in [3.8, 4) is 0 Å². The van der Waals surface area contributed by atoms with E-state index in [1.807, 2.05) is 12.1 Å². The molecule has 1 fully saturated rings. The van der Waals surface area contributed by atoms with Crippen molar-refractivity contribution in [1.82, 2.24) is 0 Å². The lowest BCUT2D eigenvalue weighted by atomic mass is 10.1. The number of rotatable bonds is 3. The van der Waals surface area contributed by atoms with Gasteiger partial charge in [0.2, 0.25) is 10.0 Å². The summed E-state index contributed by atoms with van der Waals surface area (Å²) in [4.78, 5) is 2.27. The summed E-state index contributed by atoms with van der Waals surface area (Å²) in [5.74, 6) is 0. The number of benzene rings is 1. The molecule has 0 aliphatic carbocycles. The van der Waals surface area contributed by atoms with E-state index in [4.69, 9.17) is 5.73 Å². The van der Waals surface area contributed by atoms with Gasteiger partial charge in [0.05, 0.1) is 6.26 Å². The van der Waals surface area contributed by atoms with Crippen LogP contribution in [0.5, 0.6) is 0 Å². The van der Waals surface area contributed by atoms with Crippen molar-refractivity contribution in [2.75, 3.05) is 29.0 Å². The van der Waals surface area contributed by atoms with E-state index in [0.717, 1.165) is 37.9 Å². The van der Waals surface area contributed by atoms with Crippen molar-refractivity contribution in [3.63, 3.8) is 0 Å². The molecule has 0 aromatic heterocycles. The molecule has 5 nitrogen and oxygen atoms in total. The molecule has 1 saturated heterocycles. The van der Waals surface area contributed by atoms with Crippen LogP contribution >= 0.6 is 0 Å². The van der Waals surface area contributed by atoms with E-state index >= 15 is 0 Å². The van der Waals surface area contributed by atoms with Gasteiger partial charge in [0.15, 0.2) is 0 Å². The highest BCUT2D eigenvalue weighted by Gasteiger charge is 2.16. The van der Waals surface area contributed by atoms with Gasteiger partial charge >= 0.3 is 0 Å². The Morgan fingerprint density at radius 2 is 1.78 bits per heavy atom. The highest BCUT2D eigenvalue weighted by molar-refractivity contribution is 7.92. The molecule has 0 saturated carbocycles. The number of nitrogens with zero attached hydrogens (tertiary/aromatic N) is 1. The van der Waals surface area contributed by atoms with Crippen molar-refractivity contribution >= 4 is 21.4 Å². The lowest BCUT2D eigenvalue weighted by Crippen LogP contribution is -2.39. The Balaban J connectivity index is 2.03. The number of nitrogens with two attached hydrogens (primary N) is 1. The minimum Gasteiger partial charge on any atom is -0.371 e. The van der Waals surface area contributed by atoms with Crippen LogP contribution in [-0.4, -0.2) is 33.8 Å². The molecular formula is C12H19N3O2S. The maximum Gasteiger partial charge on any atom is 0.229 e. The standard InChI is InChI=1S/C12H19N3O2S/c1-18(16,17)14-11-2-4-12(5-3-11)15-8-6-10(13)7-9-15/h2-5,10,14H,6-9,13H2,1H3. The summed E-state index contributed by atoms with van der Waals surface area (Å²) >= 11 is 0. The monoisotopic (exact) mass is 269 g/mol. The van der Waals surface area contributed by atoms with E-state index < -0.39 is 10.0 Å². The molecule has 2 rings (SSSR count). The van der Waals surface area contributed by atoms with Crippen LogP contribution in [0.15, 0.2) is 24.3 Å². The third-order valence-corrected chi connectivity index (χ3v) is 3.68. The summed E-state index contributed by atoms with van der Waals surface area (Å²) < 4.78 is 24.6. The predicted molar refractivity (Wildman–Crippen MR) is 74.3 cm³/mol. The Labute approximate surface area is 108 Å². The average Bonchev–Trinajstić information content (AvgIpc) is 2.29. The van der Waals surface area contributed by atoms with E-state index in [1.165, 1.54) is 0 Å². The van der Waals surface area contributed by atoms with Crippen molar-refractivity contribution in [2.24, 2.45) is 5.73 Å². The zero-order valence-electron chi connectivity index (χ0n) is 10.5. The molecule has 18 heavy (non-hydrogen) atoms. The predicted octanol–water partition coefficient (Wildman–Crippen LogP) is 0.986. The lowest BCUT2D eigenvalue weighted by molar-refractivity contribution is 0.501. The van der Waals surface area contributed by atoms with Gasteiger partial charge < -0.3 is 10.6 Å². The van der Waals surface area contributed by atoms with Gasteiger partial charge in [-0.3, -0.25) is 4.72 Å². The first kappa shape index (κ1) is 13.2. The van der Waals surface area contributed by atoms with Crippen molar-refractivity contribution in [2.45, 2.75) is 18.9 Å². The fraction of sp³-hybridized carbons (Fsp3) is 0.500. The molecular weight excluding hydrogens is 250 g/mol. The van der Waals surface area contributed by atoms with E-state index in [1.54, 1.807) is 12.1 Å². The smallest absolute Gasteiger partial charge is 0.229 e. The van der Waals surface area contributed by atoms with Gasteiger partial charge in [-0.15, -0.1) is 0 Å². The summed E-state index contributed by atoms with van der Waals surface area (Å²) in [6.45, 7) is 1.92. The molecule has 100 valence electrons. The van der Waals surface area contributed by atoms with Gasteiger partial charge in [-0.25, -0.2) is 8.42 Å². The summed E-state index contributed by atoms with van der Waals surface area (Å²) in [6, 6.07) is 7.75.